The summed E-state index contributed by atoms with van der Waals surface area (Å²) >= 11 is 12.2. The van der Waals surface area contributed by atoms with Crippen molar-refractivity contribution < 1.29 is 21.6 Å². The highest BCUT2D eigenvalue weighted by molar-refractivity contribution is 7.93. The minimum absolute atomic E-state index is 0.00306. The number of hydrogen-bond donors (Lipinski definition) is 1. The van der Waals surface area contributed by atoms with E-state index in [0.29, 0.717) is 5.56 Å². The summed E-state index contributed by atoms with van der Waals surface area (Å²) in [4.78, 5) is 13.1. The Labute approximate surface area is 209 Å². The molecule has 0 spiro atoms. The Morgan fingerprint density at radius 2 is 1.44 bits per heavy atom. The molecule has 3 rings (SSSR count). The Morgan fingerprint density at radius 3 is 1.97 bits per heavy atom. The minimum atomic E-state index is -4.12. The van der Waals surface area contributed by atoms with E-state index in [9.17, 15) is 21.6 Å². The van der Waals surface area contributed by atoms with Gasteiger partial charge < -0.3 is 5.32 Å². The molecule has 7 nitrogen and oxygen atoms in total. The SMILES string of the molecule is CC(NC(=O)CN(c1cc(Cl)cc(Cl)c1)S(=O)(=O)c1ccccc1)c1ccc(S(C)(=O)=O)cc1. The Morgan fingerprint density at radius 1 is 0.882 bits per heavy atom. The first-order chi connectivity index (χ1) is 15.9. The van der Waals surface area contributed by atoms with Crippen molar-refractivity contribution in [1.82, 2.24) is 5.32 Å². The van der Waals surface area contributed by atoms with Gasteiger partial charge in [-0.2, -0.15) is 0 Å². The molecule has 180 valence electrons. The zero-order valence-electron chi connectivity index (χ0n) is 18.3. The van der Waals surface area contributed by atoms with Crippen molar-refractivity contribution in [2.75, 3.05) is 17.1 Å². The van der Waals surface area contributed by atoms with E-state index in [1.54, 1.807) is 37.3 Å². The van der Waals surface area contributed by atoms with Crippen LogP contribution in [0.4, 0.5) is 5.69 Å². The number of halogens is 2. The van der Waals surface area contributed by atoms with Crippen molar-refractivity contribution in [3.05, 3.63) is 88.4 Å². The highest BCUT2D eigenvalue weighted by Crippen LogP contribution is 2.29. The van der Waals surface area contributed by atoms with Gasteiger partial charge in [0.15, 0.2) is 9.84 Å². The molecule has 0 fully saturated rings. The summed E-state index contributed by atoms with van der Waals surface area (Å²) in [6, 6.07) is 17.6. The van der Waals surface area contributed by atoms with Crippen LogP contribution < -0.4 is 9.62 Å². The molecule has 1 N–H and O–H groups in total. The molecule has 1 amide bonds. The standard InChI is InChI=1S/C23H22Cl2N2O5S2/c1-16(17-8-10-21(11-9-17)33(2,29)30)26-23(28)15-27(20-13-18(24)12-19(25)14-20)34(31,32)22-6-4-3-5-7-22/h3-14,16H,15H2,1-2H3,(H,26,28). The molecule has 0 aliphatic carbocycles. The number of benzene rings is 3. The second-order valence-corrected chi connectivity index (χ2v) is 12.3. The van der Waals surface area contributed by atoms with Gasteiger partial charge in [0.05, 0.1) is 21.5 Å². The third-order valence-corrected chi connectivity index (χ3v) is 8.29. The van der Waals surface area contributed by atoms with Crippen LogP contribution in [0.5, 0.6) is 0 Å². The molecule has 1 unspecified atom stereocenters. The molecule has 0 saturated carbocycles. The van der Waals surface area contributed by atoms with Gasteiger partial charge in [0.25, 0.3) is 10.0 Å². The molecule has 3 aromatic rings. The second-order valence-electron chi connectivity index (χ2n) is 7.58. The maximum Gasteiger partial charge on any atom is 0.264 e. The van der Waals surface area contributed by atoms with Crippen molar-refractivity contribution >= 4 is 54.7 Å². The van der Waals surface area contributed by atoms with Crippen molar-refractivity contribution in [3.63, 3.8) is 0 Å². The van der Waals surface area contributed by atoms with E-state index in [2.05, 4.69) is 5.32 Å². The van der Waals surface area contributed by atoms with Crippen molar-refractivity contribution in [3.8, 4) is 0 Å². The number of nitrogens with one attached hydrogen (secondary N) is 1. The zero-order chi connectivity index (χ0) is 25.1. The predicted octanol–water partition coefficient (Wildman–Crippen LogP) is 4.47. The fourth-order valence-corrected chi connectivity index (χ4v) is 5.79. The number of carbonyl (C=O) groups is 1. The topological polar surface area (TPSA) is 101 Å². The molecule has 0 aliphatic rings. The summed E-state index contributed by atoms with van der Waals surface area (Å²) in [6.07, 6.45) is 1.11. The largest absolute Gasteiger partial charge is 0.348 e. The lowest BCUT2D eigenvalue weighted by Crippen LogP contribution is -2.41. The van der Waals surface area contributed by atoms with E-state index in [-0.39, 0.29) is 25.5 Å². The van der Waals surface area contributed by atoms with Gasteiger partial charge in [-0.05, 0) is 55.0 Å². The van der Waals surface area contributed by atoms with Crippen LogP contribution in [0.15, 0.2) is 82.6 Å². The number of amides is 1. The smallest absolute Gasteiger partial charge is 0.264 e. The Balaban J connectivity index is 1.88. The van der Waals surface area contributed by atoms with Crippen molar-refractivity contribution in [2.24, 2.45) is 0 Å². The lowest BCUT2D eigenvalue weighted by Gasteiger charge is -2.25. The molecular weight excluding hydrogens is 519 g/mol. The van der Waals surface area contributed by atoms with Gasteiger partial charge in [0.1, 0.15) is 6.54 Å². The summed E-state index contributed by atoms with van der Waals surface area (Å²) in [5.74, 6) is -0.574. The number of nitrogens with zero attached hydrogens (tertiary/aromatic N) is 1. The molecule has 0 saturated heterocycles. The fraction of sp³-hybridized carbons (Fsp3) is 0.174. The van der Waals surface area contributed by atoms with E-state index in [0.717, 1.165) is 10.6 Å². The first-order valence-corrected chi connectivity index (χ1v) is 14.1. The van der Waals surface area contributed by atoms with Gasteiger partial charge in [-0.1, -0.05) is 53.5 Å². The van der Waals surface area contributed by atoms with Crippen LogP contribution in [0, 0.1) is 0 Å². The van der Waals surface area contributed by atoms with E-state index < -0.39 is 38.4 Å². The average Bonchev–Trinajstić information content (AvgIpc) is 2.76. The molecule has 34 heavy (non-hydrogen) atoms. The van der Waals surface area contributed by atoms with Crippen LogP contribution in [0.1, 0.15) is 18.5 Å². The number of rotatable bonds is 8. The summed E-state index contributed by atoms with van der Waals surface area (Å²) in [7, 11) is -7.46. The van der Waals surface area contributed by atoms with Gasteiger partial charge in [-0.25, -0.2) is 16.8 Å². The molecule has 0 radical (unpaired) electrons. The summed E-state index contributed by atoms with van der Waals surface area (Å²) in [6.45, 7) is 1.18. The lowest BCUT2D eigenvalue weighted by molar-refractivity contribution is -0.120. The molecule has 0 bridgehead atoms. The van der Waals surface area contributed by atoms with Crippen molar-refractivity contribution in [2.45, 2.75) is 22.8 Å². The summed E-state index contributed by atoms with van der Waals surface area (Å²) in [5.41, 5.74) is 0.797. The third kappa shape index (κ3) is 6.29. The van der Waals surface area contributed by atoms with E-state index >= 15 is 0 Å². The van der Waals surface area contributed by atoms with Crippen LogP contribution >= 0.6 is 23.2 Å². The maximum atomic E-state index is 13.4. The fourth-order valence-electron chi connectivity index (χ4n) is 3.22. The van der Waals surface area contributed by atoms with Crippen LogP contribution in [-0.2, 0) is 24.7 Å². The summed E-state index contributed by atoms with van der Waals surface area (Å²) < 4.78 is 51.0. The lowest BCUT2D eigenvalue weighted by atomic mass is 10.1. The summed E-state index contributed by atoms with van der Waals surface area (Å²) in [5, 5.41) is 3.18. The Hall–Kier alpha value is -2.59. The Kier molecular flexibility index (Phi) is 7.92. The van der Waals surface area contributed by atoms with Gasteiger partial charge in [-0.15, -0.1) is 0 Å². The van der Waals surface area contributed by atoms with Gasteiger partial charge in [-0.3, -0.25) is 9.10 Å². The predicted molar refractivity (Wildman–Crippen MR) is 134 cm³/mol. The average molecular weight is 541 g/mol. The van der Waals surface area contributed by atoms with Gasteiger partial charge in [0, 0.05) is 16.3 Å². The first kappa shape index (κ1) is 26.0. The number of hydrogen-bond acceptors (Lipinski definition) is 5. The number of sulfone groups is 1. The molecular formula is C23H22Cl2N2O5S2. The number of carbonyl (C=O) groups excluding carboxylic acids is 1. The highest BCUT2D eigenvalue weighted by atomic mass is 35.5. The molecule has 1 atom stereocenters. The molecule has 0 aromatic heterocycles. The molecule has 3 aromatic carbocycles. The third-order valence-electron chi connectivity index (χ3n) is 4.94. The van der Waals surface area contributed by atoms with E-state index in [1.165, 1.54) is 42.5 Å². The monoisotopic (exact) mass is 540 g/mol. The Bertz CT molecular complexity index is 1370. The second kappa shape index (κ2) is 10.4. The zero-order valence-corrected chi connectivity index (χ0v) is 21.4. The van der Waals surface area contributed by atoms with Crippen LogP contribution in [0.3, 0.4) is 0 Å². The highest BCUT2D eigenvalue weighted by Gasteiger charge is 2.28. The van der Waals surface area contributed by atoms with E-state index in [4.69, 9.17) is 23.2 Å². The van der Waals surface area contributed by atoms with Gasteiger partial charge >= 0.3 is 0 Å². The van der Waals surface area contributed by atoms with Crippen molar-refractivity contribution in [1.29, 1.82) is 0 Å². The first-order valence-electron chi connectivity index (χ1n) is 10.0. The van der Waals surface area contributed by atoms with Crippen LogP contribution in [0.25, 0.3) is 0 Å². The quantitative estimate of drug-likeness (QED) is 0.454. The van der Waals surface area contributed by atoms with E-state index in [1.807, 2.05) is 0 Å². The molecule has 0 heterocycles. The maximum absolute atomic E-state index is 13.4. The normalized spacial score (nSPS) is 12.7. The molecule has 0 aliphatic heterocycles. The van der Waals surface area contributed by atoms with Crippen LogP contribution in [-0.4, -0.2) is 35.5 Å². The number of sulfonamides is 1. The van der Waals surface area contributed by atoms with Crippen LogP contribution in [0.2, 0.25) is 10.0 Å². The van der Waals surface area contributed by atoms with Gasteiger partial charge in [0.2, 0.25) is 5.91 Å². The molecule has 11 heteroatoms. The minimum Gasteiger partial charge on any atom is -0.348 e. The number of anilines is 1.